The van der Waals surface area contributed by atoms with Crippen molar-refractivity contribution >= 4 is 23.2 Å². The molecule has 0 saturated carbocycles. The van der Waals surface area contributed by atoms with Crippen molar-refractivity contribution in [1.82, 2.24) is 0 Å². The molecule has 25 heavy (non-hydrogen) atoms. The molecule has 1 saturated heterocycles. The molecule has 0 aromatic heterocycles. The number of hydrogen-bond acceptors (Lipinski definition) is 3. The van der Waals surface area contributed by atoms with Crippen LogP contribution in [0.2, 0.25) is 0 Å². The maximum Gasteiger partial charge on any atom is 0.255 e. The fraction of sp³-hybridized carbons (Fsp3) is 0.300. The first-order valence-corrected chi connectivity index (χ1v) is 8.61. The number of nitrogens with zero attached hydrogens (tertiary/aromatic N) is 1. The monoisotopic (exact) mass is 337 g/mol. The van der Waals surface area contributed by atoms with Crippen LogP contribution in [0.15, 0.2) is 42.5 Å². The second-order valence-corrected chi connectivity index (χ2v) is 6.47. The molecule has 3 N–H and O–H groups in total. The molecule has 1 fully saturated rings. The Balaban J connectivity index is 1.85. The van der Waals surface area contributed by atoms with E-state index in [2.05, 4.69) is 10.2 Å². The van der Waals surface area contributed by atoms with Gasteiger partial charge in [-0.2, -0.15) is 0 Å². The molecule has 0 spiro atoms. The largest absolute Gasteiger partial charge is 0.372 e. The van der Waals surface area contributed by atoms with Crippen molar-refractivity contribution in [3.05, 3.63) is 59.2 Å². The number of rotatable bonds is 4. The van der Waals surface area contributed by atoms with Gasteiger partial charge in [-0.1, -0.05) is 17.7 Å². The molecular formula is C20H23N3O2. The lowest BCUT2D eigenvalue weighted by Crippen LogP contribution is -2.29. The molecule has 1 aliphatic rings. The predicted molar refractivity (Wildman–Crippen MR) is 100 cm³/mol. The molecule has 3 rings (SSSR count). The van der Waals surface area contributed by atoms with Crippen LogP contribution in [0.4, 0.5) is 11.4 Å². The maximum absolute atomic E-state index is 12.5. The summed E-state index contributed by atoms with van der Waals surface area (Å²) in [6, 6.07) is 12.8. The SMILES string of the molecule is Cc1cccc(C(=O)Nc2ccc(N3CCCCC3)cc2C(N)=O)c1. The van der Waals surface area contributed by atoms with E-state index in [1.54, 1.807) is 24.3 Å². The third kappa shape index (κ3) is 3.99. The van der Waals surface area contributed by atoms with Crippen LogP contribution < -0.4 is 16.0 Å². The second-order valence-electron chi connectivity index (χ2n) is 6.47. The van der Waals surface area contributed by atoms with E-state index in [4.69, 9.17) is 5.73 Å². The number of benzene rings is 2. The second kappa shape index (κ2) is 7.38. The van der Waals surface area contributed by atoms with Crippen molar-refractivity contribution in [2.45, 2.75) is 26.2 Å². The highest BCUT2D eigenvalue weighted by Crippen LogP contribution is 2.26. The van der Waals surface area contributed by atoms with Crippen LogP contribution >= 0.6 is 0 Å². The van der Waals surface area contributed by atoms with Crippen LogP contribution in [0.25, 0.3) is 0 Å². The minimum Gasteiger partial charge on any atom is -0.372 e. The van der Waals surface area contributed by atoms with E-state index in [0.717, 1.165) is 37.2 Å². The average Bonchev–Trinajstić information content (AvgIpc) is 2.62. The van der Waals surface area contributed by atoms with Crippen LogP contribution in [0.1, 0.15) is 45.5 Å². The van der Waals surface area contributed by atoms with E-state index in [1.807, 2.05) is 25.1 Å². The van der Waals surface area contributed by atoms with Crippen LogP contribution in [-0.2, 0) is 0 Å². The van der Waals surface area contributed by atoms with Gasteiger partial charge < -0.3 is 16.0 Å². The molecule has 2 aromatic rings. The van der Waals surface area contributed by atoms with Crippen molar-refractivity contribution < 1.29 is 9.59 Å². The Morgan fingerprint density at radius 1 is 1.04 bits per heavy atom. The lowest BCUT2D eigenvalue weighted by molar-refractivity contribution is 0.100. The maximum atomic E-state index is 12.5. The zero-order valence-electron chi connectivity index (χ0n) is 14.4. The first kappa shape index (κ1) is 17.0. The van der Waals surface area contributed by atoms with E-state index in [-0.39, 0.29) is 5.91 Å². The molecule has 0 unspecified atom stereocenters. The number of carbonyl (C=O) groups is 2. The average molecular weight is 337 g/mol. The van der Waals surface area contributed by atoms with Crippen molar-refractivity contribution in [1.29, 1.82) is 0 Å². The first-order valence-electron chi connectivity index (χ1n) is 8.61. The van der Waals surface area contributed by atoms with E-state index >= 15 is 0 Å². The summed E-state index contributed by atoms with van der Waals surface area (Å²) in [5.41, 5.74) is 8.85. The Bertz CT molecular complexity index is 795. The number of hydrogen-bond donors (Lipinski definition) is 2. The standard InChI is InChI=1S/C20H23N3O2/c1-14-6-5-7-15(12-14)20(25)22-18-9-8-16(13-17(18)19(21)24)23-10-3-2-4-11-23/h5-9,12-13H,2-4,10-11H2,1H3,(H2,21,24)(H,22,25). The fourth-order valence-corrected chi connectivity index (χ4v) is 3.17. The van der Waals surface area contributed by atoms with Crippen LogP contribution in [-0.4, -0.2) is 24.9 Å². The third-order valence-corrected chi connectivity index (χ3v) is 4.52. The molecule has 1 heterocycles. The number of nitrogens with two attached hydrogens (primary N) is 1. The Morgan fingerprint density at radius 2 is 1.80 bits per heavy atom. The molecule has 2 amide bonds. The van der Waals surface area contributed by atoms with Gasteiger partial charge in [0.15, 0.2) is 0 Å². The Morgan fingerprint density at radius 3 is 2.48 bits per heavy atom. The van der Waals surface area contributed by atoms with Gasteiger partial charge in [-0.25, -0.2) is 0 Å². The molecule has 0 aliphatic carbocycles. The van der Waals surface area contributed by atoms with Crippen molar-refractivity contribution in [3.63, 3.8) is 0 Å². The van der Waals surface area contributed by atoms with Gasteiger partial charge in [0.25, 0.3) is 11.8 Å². The molecular weight excluding hydrogens is 314 g/mol. The summed E-state index contributed by atoms with van der Waals surface area (Å²) >= 11 is 0. The minimum atomic E-state index is -0.543. The molecule has 2 aromatic carbocycles. The van der Waals surface area contributed by atoms with E-state index in [9.17, 15) is 9.59 Å². The van der Waals surface area contributed by atoms with E-state index < -0.39 is 5.91 Å². The van der Waals surface area contributed by atoms with Crippen molar-refractivity contribution in [2.24, 2.45) is 5.73 Å². The highest BCUT2D eigenvalue weighted by atomic mass is 16.2. The molecule has 0 radical (unpaired) electrons. The van der Waals surface area contributed by atoms with Crippen LogP contribution in [0.5, 0.6) is 0 Å². The number of aryl methyl sites for hydroxylation is 1. The quantitative estimate of drug-likeness (QED) is 0.898. The summed E-state index contributed by atoms with van der Waals surface area (Å²) in [6.45, 7) is 3.89. The van der Waals surface area contributed by atoms with Gasteiger partial charge in [0.05, 0.1) is 11.3 Å². The van der Waals surface area contributed by atoms with E-state index in [0.29, 0.717) is 16.8 Å². The Labute approximate surface area is 147 Å². The summed E-state index contributed by atoms with van der Waals surface area (Å²) in [5.74, 6) is -0.796. The van der Waals surface area contributed by atoms with Gasteiger partial charge in [0.2, 0.25) is 0 Å². The van der Waals surface area contributed by atoms with Gasteiger partial charge >= 0.3 is 0 Å². The van der Waals surface area contributed by atoms with Gasteiger partial charge in [0, 0.05) is 24.3 Å². The molecule has 0 bridgehead atoms. The van der Waals surface area contributed by atoms with Crippen molar-refractivity contribution in [3.8, 4) is 0 Å². The highest BCUT2D eigenvalue weighted by Gasteiger charge is 2.17. The normalized spacial score (nSPS) is 14.2. The zero-order chi connectivity index (χ0) is 17.8. The lowest BCUT2D eigenvalue weighted by atomic mass is 10.1. The van der Waals surface area contributed by atoms with Crippen LogP contribution in [0.3, 0.4) is 0 Å². The summed E-state index contributed by atoms with van der Waals surface area (Å²) in [5, 5.41) is 2.81. The lowest BCUT2D eigenvalue weighted by Gasteiger charge is -2.29. The van der Waals surface area contributed by atoms with Gasteiger partial charge in [-0.05, 0) is 56.5 Å². The number of amides is 2. The topological polar surface area (TPSA) is 75.4 Å². The number of primary amides is 1. The van der Waals surface area contributed by atoms with Gasteiger partial charge in [0.1, 0.15) is 0 Å². The molecule has 5 nitrogen and oxygen atoms in total. The van der Waals surface area contributed by atoms with Crippen LogP contribution in [0, 0.1) is 6.92 Å². The van der Waals surface area contributed by atoms with Crippen molar-refractivity contribution in [2.75, 3.05) is 23.3 Å². The summed E-state index contributed by atoms with van der Waals surface area (Å²) < 4.78 is 0. The van der Waals surface area contributed by atoms with Gasteiger partial charge in [-0.3, -0.25) is 9.59 Å². The third-order valence-electron chi connectivity index (χ3n) is 4.52. The number of anilines is 2. The summed E-state index contributed by atoms with van der Waals surface area (Å²) in [6.07, 6.45) is 3.54. The zero-order valence-corrected chi connectivity index (χ0v) is 14.4. The number of piperidine rings is 1. The molecule has 5 heteroatoms. The van der Waals surface area contributed by atoms with E-state index in [1.165, 1.54) is 6.42 Å². The Hall–Kier alpha value is -2.82. The smallest absolute Gasteiger partial charge is 0.255 e. The number of nitrogens with one attached hydrogen (secondary N) is 1. The molecule has 0 atom stereocenters. The molecule has 1 aliphatic heterocycles. The summed E-state index contributed by atoms with van der Waals surface area (Å²) in [4.78, 5) is 26.6. The number of carbonyl (C=O) groups excluding carboxylic acids is 2. The van der Waals surface area contributed by atoms with Gasteiger partial charge in [-0.15, -0.1) is 0 Å². The predicted octanol–water partition coefficient (Wildman–Crippen LogP) is 3.34. The summed E-state index contributed by atoms with van der Waals surface area (Å²) in [7, 11) is 0. The first-order chi connectivity index (χ1) is 12.0. The Kier molecular flexibility index (Phi) is 5.03. The highest BCUT2D eigenvalue weighted by molar-refractivity contribution is 6.09. The molecule has 130 valence electrons. The minimum absolute atomic E-state index is 0.253. The fourth-order valence-electron chi connectivity index (χ4n) is 3.17.